The van der Waals surface area contributed by atoms with Gasteiger partial charge in [0.1, 0.15) is 12.9 Å². The predicted molar refractivity (Wildman–Crippen MR) is 106 cm³/mol. The van der Waals surface area contributed by atoms with Gasteiger partial charge < -0.3 is 15.2 Å². The number of aliphatic imine (C=N–C) groups is 1. The van der Waals surface area contributed by atoms with E-state index in [1.54, 1.807) is 6.33 Å². The van der Waals surface area contributed by atoms with Gasteiger partial charge in [0, 0.05) is 25.0 Å². The maximum absolute atomic E-state index is 4.56. The molecule has 0 amide bonds. The Morgan fingerprint density at radius 2 is 2.26 bits per heavy atom. The zero-order valence-corrected chi connectivity index (χ0v) is 17.0. The van der Waals surface area contributed by atoms with Gasteiger partial charge in [0.2, 0.25) is 0 Å². The lowest BCUT2D eigenvalue weighted by atomic mass is 10.1. The molecule has 128 valence electrons. The van der Waals surface area contributed by atoms with E-state index in [4.69, 9.17) is 0 Å². The van der Waals surface area contributed by atoms with Crippen molar-refractivity contribution in [3.63, 3.8) is 0 Å². The van der Waals surface area contributed by atoms with Crippen LogP contribution in [0.4, 0.5) is 0 Å². The summed E-state index contributed by atoms with van der Waals surface area (Å²) in [6, 6.07) is 4.29. The second-order valence-electron chi connectivity index (χ2n) is 5.32. The first kappa shape index (κ1) is 19.9. The molecular formula is C15H25IN6S. The van der Waals surface area contributed by atoms with Crippen molar-refractivity contribution in [1.29, 1.82) is 0 Å². The molecule has 0 aliphatic carbocycles. The van der Waals surface area contributed by atoms with Crippen molar-refractivity contribution < 1.29 is 0 Å². The first-order valence-corrected chi connectivity index (χ1v) is 8.44. The van der Waals surface area contributed by atoms with Crippen LogP contribution in [-0.4, -0.2) is 33.8 Å². The van der Waals surface area contributed by atoms with Gasteiger partial charge in [-0.05, 0) is 30.7 Å². The third-order valence-corrected chi connectivity index (χ3v) is 4.17. The van der Waals surface area contributed by atoms with Crippen molar-refractivity contribution in [3.05, 3.63) is 34.5 Å². The van der Waals surface area contributed by atoms with Crippen LogP contribution in [0.5, 0.6) is 0 Å². The number of hydrogen-bond donors (Lipinski definition) is 2. The fourth-order valence-corrected chi connectivity index (χ4v) is 2.93. The number of hydrogen-bond acceptors (Lipinski definition) is 4. The molecule has 2 aromatic heterocycles. The zero-order chi connectivity index (χ0) is 15.8. The van der Waals surface area contributed by atoms with Crippen LogP contribution in [-0.2, 0) is 20.0 Å². The molecule has 2 aromatic rings. The maximum atomic E-state index is 4.56. The second kappa shape index (κ2) is 10.6. The molecule has 0 aliphatic rings. The van der Waals surface area contributed by atoms with E-state index in [0.29, 0.717) is 12.5 Å². The van der Waals surface area contributed by atoms with Crippen LogP contribution in [0.1, 0.15) is 24.5 Å². The monoisotopic (exact) mass is 448 g/mol. The summed E-state index contributed by atoms with van der Waals surface area (Å²) in [5.74, 6) is 2.23. The van der Waals surface area contributed by atoms with Gasteiger partial charge in [-0.25, -0.2) is 4.99 Å². The lowest BCUT2D eigenvalue weighted by molar-refractivity contribution is 0.561. The number of guanidine groups is 1. The summed E-state index contributed by atoms with van der Waals surface area (Å²) in [5, 5.41) is 16.7. The van der Waals surface area contributed by atoms with Crippen molar-refractivity contribution >= 4 is 41.3 Å². The van der Waals surface area contributed by atoms with E-state index in [0.717, 1.165) is 31.3 Å². The number of aromatic nitrogens is 3. The van der Waals surface area contributed by atoms with Crippen LogP contribution in [0.15, 0.2) is 28.8 Å². The number of halogens is 1. The molecule has 2 N–H and O–H groups in total. The van der Waals surface area contributed by atoms with Crippen LogP contribution in [0.25, 0.3) is 0 Å². The molecule has 0 spiro atoms. The van der Waals surface area contributed by atoms with Crippen molar-refractivity contribution in [2.75, 3.05) is 13.1 Å². The minimum atomic E-state index is 0. The summed E-state index contributed by atoms with van der Waals surface area (Å²) in [6.07, 6.45) is 2.78. The highest BCUT2D eigenvalue weighted by molar-refractivity contribution is 14.0. The summed E-state index contributed by atoms with van der Waals surface area (Å²) in [6.45, 7) is 6.56. The van der Waals surface area contributed by atoms with Crippen molar-refractivity contribution in [1.82, 2.24) is 25.4 Å². The van der Waals surface area contributed by atoms with Gasteiger partial charge in [0.05, 0.1) is 0 Å². The van der Waals surface area contributed by atoms with Gasteiger partial charge in [-0.15, -0.1) is 45.5 Å². The van der Waals surface area contributed by atoms with Gasteiger partial charge in [0.25, 0.3) is 0 Å². The molecule has 0 radical (unpaired) electrons. The molecular weight excluding hydrogens is 423 g/mol. The first-order chi connectivity index (χ1) is 10.7. The fraction of sp³-hybridized carbons (Fsp3) is 0.533. The predicted octanol–water partition coefficient (Wildman–Crippen LogP) is 2.43. The second-order valence-corrected chi connectivity index (χ2v) is 6.36. The average Bonchev–Trinajstić information content (AvgIpc) is 3.14. The van der Waals surface area contributed by atoms with Crippen molar-refractivity contribution in [2.24, 2.45) is 18.0 Å². The molecule has 8 heteroatoms. The lowest BCUT2D eigenvalue weighted by Crippen LogP contribution is -2.39. The van der Waals surface area contributed by atoms with Crippen LogP contribution in [0, 0.1) is 5.92 Å². The SMILES string of the molecule is CCNC(=NCc1nncn1C)NCC(C)Cc1cccs1.I. The van der Waals surface area contributed by atoms with Gasteiger partial charge in [-0.2, -0.15) is 0 Å². The quantitative estimate of drug-likeness (QED) is 0.388. The smallest absolute Gasteiger partial charge is 0.191 e. The zero-order valence-electron chi connectivity index (χ0n) is 13.8. The number of rotatable bonds is 7. The summed E-state index contributed by atoms with van der Waals surface area (Å²) < 4.78 is 1.88. The molecule has 0 saturated heterocycles. The van der Waals surface area contributed by atoms with Crippen molar-refractivity contribution in [3.8, 4) is 0 Å². The Kier molecular flexibility index (Phi) is 9.15. The van der Waals surface area contributed by atoms with Crippen LogP contribution in [0.3, 0.4) is 0 Å². The molecule has 0 saturated carbocycles. The molecule has 1 unspecified atom stereocenters. The molecule has 23 heavy (non-hydrogen) atoms. The Morgan fingerprint density at radius 1 is 1.43 bits per heavy atom. The summed E-state index contributed by atoms with van der Waals surface area (Å²) in [4.78, 5) is 5.99. The molecule has 0 aromatic carbocycles. The maximum Gasteiger partial charge on any atom is 0.191 e. The van der Waals surface area contributed by atoms with E-state index >= 15 is 0 Å². The Labute approximate surface area is 158 Å². The molecule has 0 fully saturated rings. The lowest BCUT2D eigenvalue weighted by Gasteiger charge is -2.15. The van der Waals surface area contributed by atoms with E-state index in [1.807, 2.05) is 23.0 Å². The molecule has 0 aliphatic heterocycles. The molecule has 6 nitrogen and oxygen atoms in total. The third kappa shape index (κ3) is 6.86. The molecule has 0 bridgehead atoms. The standard InChI is InChI=1S/C15H24N6S.HI/c1-4-16-15(18-10-14-20-19-11-21(14)3)17-9-12(2)8-13-6-5-7-22-13;/h5-7,11-12H,4,8-10H2,1-3H3,(H2,16,17,18);1H. The Bertz CT molecular complexity index is 581. The van der Waals surface area contributed by atoms with Crippen molar-refractivity contribution in [2.45, 2.75) is 26.8 Å². The first-order valence-electron chi connectivity index (χ1n) is 7.56. The van der Waals surface area contributed by atoms with E-state index in [9.17, 15) is 0 Å². The average molecular weight is 448 g/mol. The number of nitrogens with one attached hydrogen (secondary N) is 2. The Hall–Kier alpha value is -1.16. The van der Waals surface area contributed by atoms with Crippen LogP contribution >= 0.6 is 35.3 Å². The third-order valence-electron chi connectivity index (χ3n) is 3.28. The Balaban J connectivity index is 0.00000264. The largest absolute Gasteiger partial charge is 0.357 e. The van der Waals surface area contributed by atoms with E-state index < -0.39 is 0 Å². The number of aryl methyl sites for hydroxylation is 1. The fourth-order valence-electron chi connectivity index (χ4n) is 2.06. The Morgan fingerprint density at radius 3 is 2.87 bits per heavy atom. The number of thiophene rings is 1. The van der Waals surface area contributed by atoms with Crippen LogP contribution in [0.2, 0.25) is 0 Å². The molecule has 2 heterocycles. The van der Waals surface area contributed by atoms with Gasteiger partial charge in [-0.1, -0.05) is 13.0 Å². The highest BCUT2D eigenvalue weighted by Gasteiger charge is 2.06. The van der Waals surface area contributed by atoms with Crippen LogP contribution < -0.4 is 10.6 Å². The summed E-state index contributed by atoms with van der Waals surface area (Å²) >= 11 is 1.81. The highest BCUT2D eigenvalue weighted by Crippen LogP contribution is 2.13. The highest BCUT2D eigenvalue weighted by atomic mass is 127. The van der Waals surface area contributed by atoms with E-state index in [-0.39, 0.29) is 24.0 Å². The summed E-state index contributed by atoms with van der Waals surface area (Å²) in [7, 11) is 1.92. The molecule has 2 rings (SSSR count). The van der Waals surface area contributed by atoms with Gasteiger partial charge in [0.15, 0.2) is 11.8 Å². The van der Waals surface area contributed by atoms with Gasteiger partial charge >= 0.3 is 0 Å². The topological polar surface area (TPSA) is 67.1 Å². The normalized spacial score (nSPS) is 12.6. The number of nitrogens with zero attached hydrogens (tertiary/aromatic N) is 4. The van der Waals surface area contributed by atoms with E-state index in [1.165, 1.54) is 4.88 Å². The minimum Gasteiger partial charge on any atom is -0.357 e. The van der Waals surface area contributed by atoms with E-state index in [2.05, 4.69) is 57.2 Å². The molecule has 1 atom stereocenters. The summed E-state index contributed by atoms with van der Waals surface area (Å²) in [5.41, 5.74) is 0. The van der Waals surface area contributed by atoms with Gasteiger partial charge in [-0.3, -0.25) is 0 Å². The minimum absolute atomic E-state index is 0.